The van der Waals surface area contributed by atoms with Gasteiger partial charge in [-0.05, 0) is 36.4 Å². The molecule has 2 aromatic carbocycles. The summed E-state index contributed by atoms with van der Waals surface area (Å²) in [5.41, 5.74) is 6.56. The molecule has 7 heteroatoms. The maximum Gasteiger partial charge on any atom is 0.269 e. The number of nitrogens with one attached hydrogen (secondary N) is 2. The van der Waals surface area contributed by atoms with E-state index in [0.717, 1.165) is 26.2 Å². The van der Waals surface area contributed by atoms with E-state index in [9.17, 15) is 9.59 Å². The molecule has 1 aliphatic rings. The second-order valence-electron chi connectivity index (χ2n) is 6.42. The molecule has 0 radical (unpaired) electrons. The highest BCUT2D eigenvalue weighted by atomic mass is 35.5. The van der Waals surface area contributed by atoms with E-state index in [2.05, 4.69) is 32.8 Å². The van der Waals surface area contributed by atoms with Crippen LogP contribution in [0.1, 0.15) is 16.8 Å². The number of halogens is 1. The first kappa shape index (κ1) is 19.2. The summed E-state index contributed by atoms with van der Waals surface area (Å²) in [5.74, 6) is -0.570. The van der Waals surface area contributed by atoms with Gasteiger partial charge in [-0.2, -0.15) is 0 Å². The van der Waals surface area contributed by atoms with Gasteiger partial charge >= 0.3 is 0 Å². The van der Waals surface area contributed by atoms with E-state index in [0.29, 0.717) is 23.6 Å². The summed E-state index contributed by atoms with van der Waals surface area (Å²) in [7, 11) is 0. The minimum absolute atomic E-state index is 0.206. The highest BCUT2D eigenvalue weighted by molar-refractivity contribution is 6.30. The molecule has 0 atom stereocenters. The highest BCUT2D eigenvalue weighted by Crippen LogP contribution is 2.15. The molecule has 1 fully saturated rings. The third-order valence-electron chi connectivity index (χ3n) is 4.57. The lowest BCUT2D eigenvalue weighted by atomic mass is 10.2. The Morgan fingerprint density at radius 1 is 0.889 bits per heavy atom. The quantitative estimate of drug-likeness (QED) is 0.774. The van der Waals surface area contributed by atoms with Crippen LogP contribution in [0.4, 0.5) is 5.69 Å². The second kappa shape index (κ2) is 9.39. The molecule has 0 aliphatic carbocycles. The number of nitrogens with zero attached hydrogens (tertiary/aromatic N) is 2. The van der Waals surface area contributed by atoms with Crippen molar-refractivity contribution in [3.8, 4) is 0 Å². The van der Waals surface area contributed by atoms with Crippen LogP contribution in [0, 0.1) is 0 Å². The van der Waals surface area contributed by atoms with Gasteiger partial charge in [-0.25, -0.2) is 0 Å². The number of hydrogen-bond donors (Lipinski definition) is 2. The Kier molecular flexibility index (Phi) is 6.68. The van der Waals surface area contributed by atoms with Crippen molar-refractivity contribution in [2.24, 2.45) is 0 Å². The van der Waals surface area contributed by atoms with E-state index in [-0.39, 0.29) is 11.8 Å². The average Bonchev–Trinajstić information content (AvgIpc) is 2.72. The fourth-order valence-corrected chi connectivity index (χ4v) is 3.12. The zero-order valence-corrected chi connectivity index (χ0v) is 15.8. The van der Waals surface area contributed by atoms with Crippen molar-refractivity contribution in [3.63, 3.8) is 0 Å². The van der Waals surface area contributed by atoms with Crippen LogP contribution in [0.25, 0.3) is 0 Å². The topological polar surface area (TPSA) is 64.7 Å². The Morgan fingerprint density at radius 3 is 2.22 bits per heavy atom. The first-order chi connectivity index (χ1) is 13.1. The summed E-state index contributed by atoms with van der Waals surface area (Å²) >= 11 is 5.79. The highest BCUT2D eigenvalue weighted by Gasteiger charge is 2.17. The molecule has 0 spiro atoms. The number of piperazine rings is 1. The second-order valence-corrected chi connectivity index (χ2v) is 6.86. The maximum absolute atomic E-state index is 12.0. The lowest BCUT2D eigenvalue weighted by Crippen LogP contribution is -2.48. The summed E-state index contributed by atoms with van der Waals surface area (Å²) < 4.78 is 0. The third kappa shape index (κ3) is 5.70. The molecule has 2 N–H and O–H groups in total. The van der Waals surface area contributed by atoms with Crippen molar-refractivity contribution in [2.45, 2.75) is 6.42 Å². The van der Waals surface area contributed by atoms with E-state index < -0.39 is 0 Å². The Morgan fingerprint density at radius 2 is 1.56 bits per heavy atom. The number of anilines is 1. The van der Waals surface area contributed by atoms with Crippen LogP contribution >= 0.6 is 11.6 Å². The predicted octanol–water partition coefficient (Wildman–Crippen LogP) is 2.31. The zero-order chi connectivity index (χ0) is 19.1. The SMILES string of the molecule is O=C(CCN1CCN(c2ccccc2)CC1)NNC(=O)c1ccc(Cl)cc1. The van der Waals surface area contributed by atoms with Gasteiger partial charge in [0.25, 0.3) is 5.91 Å². The molecular weight excluding hydrogens is 364 g/mol. The van der Waals surface area contributed by atoms with Crippen LogP contribution in [-0.4, -0.2) is 49.4 Å². The number of rotatable bonds is 5. The monoisotopic (exact) mass is 386 g/mol. The number of carbonyl (C=O) groups is 2. The van der Waals surface area contributed by atoms with Crippen LogP contribution < -0.4 is 15.8 Å². The van der Waals surface area contributed by atoms with E-state index in [1.807, 2.05) is 18.2 Å². The largest absolute Gasteiger partial charge is 0.369 e. The lowest BCUT2D eigenvalue weighted by Gasteiger charge is -2.36. The Bertz CT molecular complexity index is 759. The minimum atomic E-state index is -0.364. The summed E-state index contributed by atoms with van der Waals surface area (Å²) in [6, 6.07) is 16.8. The van der Waals surface area contributed by atoms with Gasteiger partial charge < -0.3 is 4.90 Å². The average molecular weight is 387 g/mol. The maximum atomic E-state index is 12.0. The van der Waals surface area contributed by atoms with Gasteiger partial charge in [0.15, 0.2) is 0 Å². The smallest absolute Gasteiger partial charge is 0.269 e. The molecule has 1 aliphatic heterocycles. The first-order valence-corrected chi connectivity index (χ1v) is 9.37. The molecule has 0 aromatic heterocycles. The standard InChI is InChI=1S/C20H23ClN4O2/c21-17-8-6-16(7-9-17)20(27)23-22-19(26)10-11-24-12-14-25(15-13-24)18-4-2-1-3-5-18/h1-9H,10-15H2,(H,22,26)(H,23,27). The first-order valence-electron chi connectivity index (χ1n) is 8.99. The van der Waals surface area contributed by atoms with Gasteiger partial charge in [0.1, 0.15) is 0 Å². The number of amides is 2. The molecule has 0 bridgehead atoms. The molecule has 3 rings (SSSR count). The van der Waals surface area contributed by atoms with Gasteiger partial charge in [-0.3, -0.25) is 25.3 Å². The summed E-state index contributed by atoms with van der Waals surface area (Å²) in [4.78, 5) is 28.5. The summed E-state index contributed by atoms with van der Waals surface area (Å²) in [6.45, 7) is 4.39. The van der Waals surface area contributed by atoms with Crippen molar-refractivity contribution in [1.29, 1.82) is 0 Å². The van der Waals surface area contributed by atoms with Crippen molar-refractivity contribution in [1.82, 2.24) is 15.8 Å². The minimum Gasteiger partial charge on any atom is -0.369 e. The van der Waals surface area contributed by atoms with Gasteiger partial charge in [0.05, 0.1) is 0 Å². The van der Waals surface area contributed by atoms with E-state index in [1.54, 1.807) is 24.3 Å². The van der Waals surface area contributed by atoms with E-state index in [4.69, 9.17) is 11.6 Å². The molecular formula is C20H23ClN4O2. The molecule has 6 nitrogen and oxygen atoms in total. The van der Waals surface area contributed by atoms with Gasteiger partial charge in [-0.15, -0.1) is 0 Å². The van der Waals surface area contributed by atoms with Crippen molar-refractivity contribution >= 4 is 29.1 Å². The Labute approximate surface area is 164 Å². The fraction of sp³-hybridized carbons (Fsp3) is 0.300. The molecule has 27 heavy (non-hydrogen) atoms. The van der Waals surface area contributed by atoms with Crippen LogP contribution in [0.2, 0.25) is 5.02 Å². The van der Waals surface area contributed by atoms with Crippen LogP contribution in [-0.2, 0) is 4.79 Å². The van der Waals surface area contributed by atoms with Gasteiger partial charge in [-0.1, -0.05) is 29.8 Å². The van der Waals surface area contributed by atoms with Crippen molar-refractivity contribution in [2.75, 3.05) is 37.6 Å². The lowest BCUT2D eigenvalue weighted by molar-refractivity contribution is -0.122. The molecule has 1 saturated heterocycles. The number of carbonyl (C=O) groups excluding carboxylic acids is 2. The van der Waals surface area contributed by atoms with E-state index >= 15 is 0 Å². The molecule has 1 heterocycles. The molecule has 2 amide bonds. The van der Waals surface area contributed by atoms with Gasteiger partial charge in [0.2, 0.25) is 5.91 Å². The molecule has 2 aromatic rings. The summed E-state index contributed by atoms with van der Waals surface area (Å²) in [6.07, 6.45) is 0.340. The number of hydrogen-bond acceptors (Lipinski definition) is 4. The summed E-state index contributed by atoms with van der Waals surface area (Å²) in [5, 5.41) is 0.558. The van der Waals surface area contributed by atoms with Crippen LogP contribution in [0.5, 0.6) is 0 Å². The van der Waals surface area contributed by atoms with Crippen LogP contribution in [0.15, 0.2) is 54.6 Å². The number of para-hydroxylation sites is 1. The van der Waals surface area contributed by atoms with Crippen molar-refractivity contribution < 1.29 is 9.59 Å². The fourth-order valence-electron chi connectivity index (χ4n) is 2.99. The number of benzene rings is 2. The molecule has 0 saturated carbocycles. The molecule has 142 valence electrons. The molecule has 0 unspecified atom stereocenters. The normalized spacial score (nSPS) is 14.6. The number of hydrazine groups is 1. The Hall–Kier alpha value is -2.57. The third-order valence-corrected chi connectivity index (χ3v) is 4.82. The zero-order valence-electron chi connectivity index (χ0n) is 15.0. The van der Waals surface area contributed by atoms with E-state index in [1.165, 1.54) is 5.69 Å². The Balaban J connectivity index is 1.35. The van der Waals surface area contributed by atoms with Crippen LogP contribution in [0.3, 0.4) is 0 Å². The predicted molar refractivity (Wildman–Crippen MR) is 107 cm³/mol. The van der Waals surface area contributed by atoms with Crippen molar-refractivity contribution in [3.05, 3.63) is 65.2 Å². The van der Waals surface area contributed by atoms with Gasteiger partial charge in [0, 0.05) is 55.4 Å².